The molecule has 1 aliphatic carbocycles. The van der Waals surface area contributed by atoms with Crippen LogP contribution in [-0.2, 0) is 14.4 Å². The molecule has 2 fully saturated rings. The first kappa shape index (κ1) is 19.5. The third kappa shape index (κ3) is 4.31. The van der Waals surface area contributed by atoms with Crippen molar-refractivity contribution < 1.29 is 23.9 Å². The number of benzene rings is 1. The lowest BCUT2D eigenvalue weighted by atomic mass is 10.2. The first-order chi connectivity index (χ1) is 13.9. The van der Waals surface area contributed by atoms with Gasteiger partial charge in [-0.25, -0.2) is 0 Å². The summed E-state index contributed by atoms with van der Waals surface area (Å²) in [5.74, 6) is 0.601. The van der Waals surface area contributed by atoms with Crippen LogP contribution >= 0.6 is 0 Å². The van der Waals surface area contributed by atoms with Crippen molar-refractivity contribution in [1.82, 2.24) is 9.80 Å². The highest BCUT2D eigenvalue weighted by molar-refractivity contribution is 5.93. The Bertz CT molecular complexity index is 811. The van der Waals surface area contributed by atoms with E-state index >= 15 is 0 Å². The fourth-order valence-corrected chi connectivity index (χ4v) is 4.16. The Morgan fingerprint density at radius 3 is 2.31 bits per heavy atom. The first-order valence-corrected chi connectivity index (χ1v) is 10.3. The SMILES string of the molecule is CC(=O)N1CCN(C(=O)CCC(=O)Nc2ccc3c(c2)OC2(CCCC2)O3)CC1. The lowest BCUT2D eigenvalue weighted by Gasteiger charge is -2.34. The van der Waals surface area contributed by atoms with Gasteiger partial charge >= 0.3 is 0 Å². The quantitative estimate of drug-likeness (QED) is 0.835. The van der Waals surface area contributed by atoms with Crippen LogP contribution in [0, 0.1) is 0 Å². The molecule has 29 heavy (non-hydrogen) atoms. The Morgan fingerprint density at radius 2 is 1.62 bits per heavy atom. The lowest BCUT2D eigenvalue weighted by Crippen LogP contribution is -2.50. The van der Waals surface area contributed by atoms with Crippen LogP contribution < -0.4 is 14.8 Å². The summed E-state index contributed by atoms with van der Waals surface area (Å²) < 4.78 is 12.0. The predicted molar refractivity (Wildman–Crippen MR) is 106 cm³/mol. The average molecular weight is 401 g/mol. The Hall–Kier alpha value is -2.77. The van der Waals surface area contributed by atoms with E-state index in [0.29, 0.717) is 43.4 Å². The molecular weight excluding hydrogens is 374 g/mol. The molecule has 2 aliphatic heterocycles. The maximum absolute atomic E-state index is 12.3. The summed E-state index contributed by atoms with van der Waals surface area (Å²) in [5.41, 5.74) is 0.634. The van der Waals surface area contributed by atoms with Crippen LogP contribution in [0.2, 0.25) is 0 Å². The monoisotopic (exact) mass is 401 g/mol. The van der Waals surface area contributed by atoms with Gasteiger partial charge in [0.25, 0.3) is 5.79 Å². The van der Waals surface area contributed by atoms with Crippen molar-refractivity contribution in [3.63, 3.8) is 0 Å². The molecule has 8 nitrogen and oxygen atoms in total. The van der Waals surface area contributed by atoms with Gasteiger partial charge in [-0.15, -0.1) is 0 Å². The Balaban J connectivity index is 1.25. The molecule has 1 aromatic carbocycles. The van der Waals surface area contributed by atoms with E-state index < -0.39 is 5.79 Å². The summed E-state index contributed by atoms with van der Waals surface area (Å²) >= 11 is 0. The number of hydrogen-bond acceptors (Lipinski definition) is 5. The lowest BCUT2D eigenvalue weighted by molar-refractivity contribution is -0.138. The topological polar surface area (TPSA) is 88.2 Å². The molecule has 3 amide bonds. The number of fused-ring (bicyclic) bond motifs is 1. The molecule has 3 aliphatic rings. The number of amides is 3. The molecule has 8 heteroatoms. The maximum Gasteiger partial charge on any atom is 0.251 e. The van der Waals surface area contributed by atoms with Crippen LogP contribution in [-0.4, -0.2) is 59.5 Å². The van der Waals surface area contributed by atoms with Crippen molar-refractivity contribution in [2.45, 2.75) is 51.2 Å². The van der Waals surface area contributed by atoms with Crippen LogP contribution in [0.4, 0.5) is 5.69 Å². The molecule has 0 unspecified atom stereocenters. The Kier molecular flexibility index (Phi) is 5.34. The van der Waals surface area contributed by atoms with Gasteiger partial charge in [0.15, 0.2) is 11.5 Å². The van der Waals surface area contributed by atoms with E-state index in [1.54, 1.807) is 21.9 Å². The summed E-state index contributed by atoms with van der Waals surface area (Å²) in [4.78, 5) is 39.4. The van der Waals surface area contributed by atoms with Crippen LogP contribution in [0.5, 0.6) is 11.5 Å². The zero-order valence-corrected chi connectivity index (χ0v) is 16.7. The highest BCUT2D eigenvalue weighted by atomic mass is 16.7. The van der Waals surface area contributed by atoms with Gasteiger partial charge in [-0.2, -0.15) is 0 Å². The van der Waals surface area contributed by atoms with Crippen LogP contribution in [0.15, 0.2) is 18.2 Å². The van der Waals surface area contributed by atoms with Gasteiger partial charge < -0.3 is 24.6 Å². The fourth-order valence-electron chi connectivity index (χ4n) is 4.16. The minimum atomic E-state index is -0.524. The second-order valence-electron chi connectivity index (χ2n) is 7.92. The second kappa shape index (κ2) is 7.93. The number of nitrogens with zero attached hydrogens (tertiary/aromatic N) is 2. The first-order valence-electron chi connectivity index (χ1n) is 10.3. The van der Waals surface area contributed by atoms with E-state index in [-0.39, 0.29) is 30.6 Å². The summed E-state index contributed by atoms with van der Waals surface area (Å²) in [7, 11) is 0. The van der Waals surface area contributed by atoms with Gasteiger partial charge in [0.1, 0.15) is 0 Å². The zero-order chi connectivity index (χ0) is 20.4. The van der Waals surface area contributed by atoms with Gasteiger partial charge in [0.05, 0.1) is 0 Å². The average Bonchev–Trinajstić information content (AvgIpc) is 3.31. The van der Waals surface area contributed by atoms with Crippen molar-refractivity contribution in [2.75, 3.05) is 31.5 Å². The minimum Gasteiger partial charge on any atom is -0.448 e. The molecule has 1 N–H and O–H groups in total. The Labute approximate surface area is 170 Å². The molecular formula is C21H27N3O5. The van der Waals surface area contributed by atoms with Gasteiger partial charge in [-0.1, -0.05) is 0 Å². The number of anilines is 1. The van der Waals surface area contributed by atoms with E-state index in [4.69, 9.17) is 9.47 Å². The van der Waals surface area contributed by atoms with Crippen molar-refractivity contribution in [2.24, 2.45) is 0 Å². The minimum absolute atomic E-state index is 0.0269. The number of ether oxygens (including phenoxy) is 2. The second-order valence-corrected chi connectivity index (χ2v) is 7.92. The number of nitrogens with one attached hydrogen (secondary N) is 1. The van der Waals surface area contributed by atoms with Crippen molar-refractivity contribution >= 4 is 23.4 Å². The normalized spacial score (nSPS) is 19.5. The van der Waals surface area contributed by atoms with Crippen molar-refractivity contribution in [1.29, 1.82) is 0 Å². The smallest absolute Gasteiger partial charge is 0.251 e. The molecule has 1 aromatic rings. The third-order valence-electron chi connectivity index (χ3n) is 5.83. The highest BCUT2D eigenvalue weighted by Crippen LogP contribution is 2.47. The van der Waals surface area contributed by atoms with E-state index in [1.807, 2.05) is 6.07 Å². The number of carbonyl (C=O) groups is 3. The number of hydrogen-bond donors (Lipinski definition) is 1. The molecule has 1 spiro atoms. The predicted octanol–water partition coefficient (Wildman–Crippen LogP) is 2.14. The molecule has 0 atom stereocenters. The van der Waals surface area contributed by atoms with Gasteiger partial charge in [-0.3, -0.25) is 14.4 Å². The fraction of sp³-hybridized carbons (Fsp3) is 0.571. The zero-order valence-electron chi connectivity index (χ0n) is 16.7. The molecule has 1 saturated carbocycles. The summed E-state index contributed by atoms with van der Waals surface area (Å²) in [6.07, 6.45) is 4.22. The van der Waals surface area contributed by atoms with Gasteiger partial charge in [-0.05, 0) is 25.0 Å². The molecule has 0 aromatic heterocycles. The number of piperazine rings is 1. The highest BCUT2D eigenvalue weighted by Gasteiger charge is 2.44. The van der Waals surface area contributed by atoms with E-state index in [1.165, 1.54) is 6.92 Å². The molecule has 2 heterocycles. The molecule has 1 saturated heterocycles. The van der Waals surface area contributed by atoms with Gasteiger partial charge in [0, 0.05) is 70.5 Å². The van der Waals surface area contributed by atoms with Crippen molar-refractivity contribution in [3.8, 4) is 11.5 Å². The Morgan fingerprint density at radius 1 is 0.966 bits per heavy atom. The van der Waals surface area contributed by atoms with Gasteiger partial charge in [0.2, 0.25) is 17.7 Å². The summed E-state index contributed by atoms with van der Waals surface area (Å²) in [6, 6.07) is 5.39. The van der Waals surface area contributed by atoms with Crippen LogP contribution in [0.25, 0.3) is 0 Å². The molecule has 0 radical (unpaired) electrons. The molecule has 4 rings (SSSR count). The van der Waals surface area contributed by atoms with E-state index in [9.17, 15) is 14.4 Å². The van der Waals surface area contributed by atoms with Crippen molar-refractivity contribution in [3.05, 3.63) is 18.2 Å². The van der Waals surface area contributed by atoms with E-state index in [0.717, 1.165) is 25.7 Å². The summed E-state index contributed by atoms with van der Waals surface area (Å²) in [6.45, 7) is 3.66. The number of rotatable bonds is 4. The third-order valence-corrected chi connectivity index (χ3v) is 5.83. The largest absolute Gasteiger partial charge is 0.448 e. The van der Waals surface area contributed by atoms with Crippen LogP contribution in [0.1, 0.15) is 45.4 Å². The maximum atomic E-state index is 12.3. The standard InChI is InChI=1S/C21H27N3O5/c1-15(25)23-10-12-24(13-11-23)20(27)7-6-19(26)22-16-4-5-17-18(14-16)29-21(28-17)8-2-3-9-21/h4-5,14H,2-3,6-13H2,1H3,(H,22,26). The van der Waals surface area contributed by atoms with E-state index in [2.05, 4.69) is 5.32 Å². The van der Waals surface area contributed by atoms with Crippen LogP contribution in [0.3, 0.4) is 0 Å². The molecule has 156 valence electrons. The molecule has 0 bridgehead atoms. The number of carbonyl (C=O) groups excluding carboxylic acids is 3. The summed E-state index contributed by atoms with van der Waals surface area (Å²) in [5, 5.41) is 2.83.